The molecule has 6 aromatic rings. The molecular formula is C43H49N5O. The molecule has 3 atom stereocenters. The Morgan fingerprint density at radius 1 is 0.837 bits per heavy atom. The molecule has 3 aromatic carbocycles. The number of likely N-dealkylation sites (N-methyl/N-ethyl adjacent to an activating group) is 1. The zero-order chi connectivity index (χ0) is 34.8. The highest BCUT2D eigenvalue weighted by Gasteiger charge is 2.33. The Labute approximate surface area is 291 Å². The number of para-hydroxylation sites is 1. The number of benzene rings is 3. The second kappa shape index (κ2) is 12.3. The molecular weight excluding hydrogens is 603 g/mol. The molecule has 1 aliphatic rings. The quantitative estimate of drug-likeness (QED) is 0.168. The number of aromatic nitrogens is 4. The molecule has 6 nitrogen and oxygen atoms in total. The van der Waals surface area contributed by atoms with Crippen molar-refractivity contribution < 1.29 is 4.74 Å². The Morgan fingerprint density at radius 3 is 2.33 bits per heavy atom. The summed E-state index contributed by atoms with van der Waals surface area (Å²) in [5.74, 6) is 3.36. The molecule has 1 aliphatic carbocycles. The van der Waals surface area contributed by atoms with Crippen LogP contribution in [0.25, 0.3) is 33.3 Å². The SMILES string of the molecule is CC1=CC(N(C)C)C[C@H](C)[C@@H]1c1c(C)nn(-c2cc(C)cc(Oc3ccc4c5ccccc5n(-c5cc(C(C)(C)C)ccn5)c4c3)c2)c1C. The second-order valence-corrected chi connectivity index (χ2v) is 15.4. The van der Waals surface area contributed by atoms with Crippen molar-refractivity contribution in [3.05, 3.63) is 119 Å². The fraction of sp³-hybridized carbons (Fsp3) is 0.349. The monoisotopic (exact) mass is 651 g/mol. The van der Waals surface area contributed by atoms with E-state index in [4.69, 9.17) is 14.8 Å². The molecule has 3 heterocycles. The van der Waals surface area contributed by atoms with E-state index in [2.05, 4.69) is 163 Å². The number of aryl methyl sites for hydroxylation is 2. The number of fused-ring (bicyclic) bond motifs is 3. The number of rotatable bonds is 6. The van der Waals surface area contributed by atoms with Gasteiger partial charge in [0.1, 0.15) is 17.3 Å². The molecule has 0 N–H and O–H groups in total. The van der Waals surface area contributed by atoms with Gasteiger partial charge in [0.15, 0.2) is 0 Å². The smallest absolute Gasteiger partial charge is 0.137 e. The molecule has 0 saturated carbocycles. The maximum Gasteiger partial charge on any atom is 0.137 e. The van der Waals surface area contributed by atoms with Gasteiger partial charge in [-0.1, -0.05) is 57.5 Å². The van der Waals surface area contributed by atoms with Crippen molar-refractivity contribution in [3.63, 3.8) is 0 Å². The fourth-order valence-electron chi connectivity index (χ4n) is 7.98. The lowest BCUT2D eigenvalue weighted by molar-refractivity contribution is 0.266. The van der Waals surface area contributed by atoms with Gasteiger partial charge < -0.3 is 9.64 Å². The first-order chi connectivity index (χ1) is 23.3. The third-order valence-corrected chi connectivity index (χ3v) is 10.5. The van der Waals surface area contributed by atoms with Crippen LogP contribution in [0.3, 0.4) is 0 Å². The van der Waals surface area contributed by atoms with E-state index in [0.717, 1.165) is 51.7 Å². The normalized spacial score (nSPS) is 18.4. The summed E-state index contributed by atoms with van der Waals surface area (Å²) in [6.45, 7) is 17.9. The Morgan fingerprint density at radius 2 is 1.59 bits per heavy atom. The molecule has 252 valence electrons. The maximum absolute atomic E-state index is 6.67. The third kappa shape index (κ3) is 5.97. The first-order valence-electron chi connectivity index (χ1n) is 17.5. The Bertz CT molecular complexity index is 2230. The Balaban J connectivity index is 1.27. The highest BCUT2D eigenvalue weighted by Crippen LogP contribution is 2.43. The van der Waals surface area contributed by atoms with Crippen LogP contribution >= 0.6 is 0 Å². The average molecular weight is 652 g/mol. The predicted octanol–water partition coefficient (Wildman–Crippen LogP) is 10.4. The number of hydrogen-bond donors (Lipinski definition) is 0. The van der Waals surface area contributed by atoms with Crippen LogP contribution in [0.4, 0.5) is 0 Å². The van der Waals surface area contributed by atoms with Crippen molar-refractivity contribution in [2.24, 2.45) is 5.92 Å². The van der Waals surface area contributed by atoms with Crippen LogP contribution in [0.15, 0.2) is 90.6 Å². The molecule has 7 rings (SSSR count). The summed E-state index contributed by atoms with van der Waals surface area (Å²) in [5, 5.41) is 7.48. The number of nitrogens with zero attached hydrogens (tertiary/aromatic N) is 5. The van der Waals surface area contributed by atoms with Gasteiger partial charge in [0.2, 0.25) is 0 Å². The van der Waals surface area contributed by atoms with E-state index in [9.17, 15) is 0 Å². The minimum Gasteiger partial charge on any atom is -0.457 e. The van der Waals surface area contributed by atoms with E-state index < -0.39 is 0 Å². The highest BCUT2D eigenvalue weighted by atomic mass is 16.5. The largest absolute Gasteiger partial charge is 0.457 e. The van der Waals surface area contributed by atoms with Crippen LogP contribution in [0.5, 0.6) is 11.5 Å². The van der Waals surface area contributed by atoms with E-state index >= 15 is 0 Å². The summed E-state index contributed by atoms with van der Waals surface area (Å²) in [6, 6.07) is 26.1. The lowest BCUT2D eigenvalue weighted by Gasteiger charge is -2.36. The van der Waals surface area contributed by atoms with Crippen LogP contribution in [0.1, 0.15) is 75.0 Å². The Hall–Kier alpha value is -4.68. The molecule has 6 heteroatoms. The summed E-state index contributed by atoms with van der Waals surface area (Å²) in [7, 11) is 4.35. The predicted molar refractivity (Wildman–Crippen MR) is 203 cm³/mol. The summed E-state index contributed by atoms with van der Waals surface area (Å²) >= 11 is 0. The lowest BCUT2D eigenvalue weighted by atomic mass is 9.73. The molecule has 1 unspecified atom stereocenters. The standard InChI is InChI=1S/C43H49N5O/c1-26-19-33(48-30(5)42(29(4)45-48)41-27(2)21-32(46(9)10)22-28(41)3)24-35(20-26)49-34-15-16-37-36-13-11-12-14-38(36)47(39(37)25-34)40-23-31(17-18-44-40)43(6,7)8/h11-21,23-25,28,32,41H,22H2,1-10H3/t28-,32?,41+/m0/s1. The molecule has 0 bridgehead atoms. The van der Waals surface area contributed by atoms with Gasteiger partial charge in [-0.3, -0.25) is 4.57 Å². The first-order valence-corrected chi connectivity index (χ1v) is 17.5. The van der Waals surface area contributed by atoms with Gasteiger partial charge in [0.25, 0.3) is 0 Å². The fourth-order valence-corrected chi connectivity index (χ4v) is 7.98. The summed E-state index contributed by atoms with van der Waals surface area (Å²) < 4.78 is 11.0. The molecule has 0 spiro atoms. The van der Waals surface area contributed by atoms with Crippen molar-refractivity contribution >= 4 is 21.8 Å². The second-order valence-electron chi connectivity index (χ2n) is 15.4. The number of ether oxygens (including phenoxy) is 1. The van der Waals surface area contributed by atoms with Gasteiger partial charge in [-0.15, -0.1) is 0 Å². The molecule has 0 saturated heterocycles. The maximum atomic E-state index is 6.67. The van der Waals surface area contributed by atoms with E-state index in [1.54, 1.807) is 0 Å². The molecule has 0 aliphatic heterocycles. The molecule has 49 heavy (non-hydrogen) atoms. The van der Waals surface area contributed by atoms with E-state index in [-0.39, 0.29) is 5.41 Å². The average Bonchev–Trinajstić information content (AvgIpc) is 3.53. The molecule has 0 radical (unpaired) electrons. The van der Waals surface area contributed by atoms with Crippen LogP contribution < -0.4 is 4.74 Å². The Kier molecular flexibility index (Phi) is 8.27. The molecule has 0 amide bonds. The van der Waals surface area contributed by atoms with Crippen LogP contribution in [0.2, 0.25) is 0 Å². The number of pyridine rings is 1. The van der Waals surface area contributed by atoms with Crippen molar-refractivity contribution in [1.82, 2.24) is 24.2 Å². The summed E-state index contributed by atoms with van der Waals surface area (Å²) in [5.41, 5.74) is 10.7. The summed E-state index contributed by atoms with van der Waals surface area (Å²) in [6.07, 6.45) is 5.51. The minimum atomic E-state index is 0.0131. The van der Waals surface area contributed by atoms with Crippen LogP contribution in [0, 0.1) is 26.7 Å². The van der Waals surface area contributed by atoms with Crippen LogP contribution in [-0.4, -0.2) is 44.4 Å². The van der Waals surface area contributed by atoms with Gasteiger partial charge in [-0.05, 0) is 113 Å². The van der Waals surface area contributed by atoms with Gasteiger partial charge in [0.05, 0.1) is 22.4 Å². The minimum absolute atomic E-state index is 0.0131. The van der Waals surface area contributed by atoms with Gasteiger partial charge in [0, 0.05) is 52.3 Å². The topological polar surface area (TPSA) is 48.1 Å². The van der Waals surface area contributed by atoms with Crippen molar-refractivity contribution in [3.8, 4) is 23.0 Å². The van der Waals surface area contributed by atoms with Crippen molar-refractivity contribution in [2.45, 2.75) is 79.2 Å². The van der Waals surface area contributed by atoms with Gasteiger partial charge in [-0.25, -0.2) is 9.67 Å². The van der Waals surface area contributed by atoms with Crippen molar-refractivity contribution in [1.29, 1.82) is 0 Å². The summed E-state index contributed by atoms with van der Waals surface area (Å²) in [4.78, 5) is 7.17. The number of allylic oxidation sites excluding steroid dienone is 1. The van der Waals surface area contributed by atoms with E-state index in [1.165, 1.54) is 33.2 Å². The van der Waals surface area contributed by atoms with Crippen LogP contribution in [-0.2, 0) is 5.41 Å². The van der Waals surface area contributed by atoms with E-state index in [0.29, 0.717) is 17.9 Å². The van der Waals surface area contributed by atoms with E-state index in [1.807, 2.05) is 6.20 Å². The highest BCUT2D eigenvalue weighted by molar-refractivity contribution is 6.09. The molecule has 3 aromatic heterocycles. The molecule has 0 fully saturated rings. The lowest BCUT2D eigenvalue weighted by Crippen LogP contribution is -2.33. The number of hydrogen-bond acceptors (Lipinski definition) is 4. The van der Waals surface area contributed by atoms with Gasteiger partial charge in [-0.2, -0.15) is 5.10 Å². The third-order valence-electron chi connectivity index (χ3n) is 10.5. The van der Waals surface area contributed by atoms with Gasteiger partial charge >= 0.3 is 0 Å². The van der Waals surface area contributed by atoms with Crippen molar-refractivity contribution in [2.75, 3.05) is 14.1 Å². The first kappa shape index (κ1) is 32.8. The zero-order valence-electron chi connectivity index (χ0n) is 30.7. The zero-order valence-corrected chi connectivity index (χ0v) is 30.7.